The normalized spacial score (nSPS) is 13.7. The molecule has 0 fully saturated rings. The van der Waals surface area contributed by atoms with Gasteiger partial charge in [0, 0.05) is 17.2 Å². The second-order valence-electron chi connectivity index (χ2n) is 4.69. The summed E-state index contributed by atoms with van der Waals surface area (Å²) in [7, 11) is 0. The van der Waals surface area contributed by atoms with Gasteiger partial charge in [-0.05, 0) is 6.92 Å². The van der Waals surface area contributed by atoms with Crippen molar-refractivity contribution < 1.29 is 4.79 Å². The molecule has 1 rings (SSSR count). The molecule has 0 saturated carbocycles. The lowest BCUT2D eigenvalue weighted by Gasteiger charge is -2.14. The van der Waals surface area contributed by atoms with Crippen molar-refractivity contribution >= 4 is 11.7 Å². The molecule has 0 aliphatic rings. The van der Waals surface area contributed by atoms with Crippen LogP contribution in [0.3, 0.4) is 0 Å². The van der Waals surface area contributed by atoms with Crippen molar-refractivity contribution in [3.63, 3.8) is 0 Å². The van der Waals surface area contributed by atoms with Crippen molar-refractivity contribution in [1.82, 2.24) is 10.2 Å². The van der Waals surface area contributed by atoms with Crippen LogP contribution in [0.1, 0.15) is 33.4 Å². The molecule has 0 radical (unpaired) electrons. The summed E-state index contributed by atoms with van der Waals surface area (Å²) in [6, 6.07) is 1.29. The number of carbonyl (C=O) groups is 1. The molecule has 5 heteroatoms. The molecule has 0 spiro atoms. The number of nitrogens with two attached hydrogens (primary N) is 1. The Kier molecular flexibility index (Phi) is 3.14. The number of H-pyrrole nitrogens is 1. The van der Waals surface area contributed by atoms with Gasteiger partial charge < -0.3 is 11.1 Å². The lowest BCUT2D eigenvalue weighted by atomic mass is 9.92. The predicted molar refractivity (Wildman–Crippen MR) is 59.6 cm³/mol. The second kappa shape index (κ2) is 4.02. The van der Waals surface area contributed by atoms with Crippen LogP contribution in [-0.2, 0) is 10.2 Å². The quantitative estimate of drug-likeness (QED) is 0.680. The average Bonchev–Trinajstić information content (AvgIpc) is 2.51. The first-order valence-electron chi connectivity index (χ1n) is 4.93. The molecule has 1 amide bonds. The zero-order valence-electron chi connectivity index (χ0n) is 9.59. The number of carbonyl (C=O) groups excluding carboxylic acids is 1. The van der Waals surface area contributed by atoms with E-state index >= 15 is 0 Å². The number of aromatic amines is 1. The molecule has 0 aliphatic heterocycles. The molecule has 84 valence electrons. The number of nitrogens with one attached hydrogen (secondary N) is 2. The Morgan fingerprint density at radius 3 is 2.60 bits per heavy atom. The number of hydrogen-bond acceptors (Lipinski definition) is 3. The van der Waals surface area contributed by atoms with Gasteiger partial charge >= 0.3 is 0 Å². The zero-order valence-corrected chi connectivity index (χ0v) is 9.59. The number of amides is 1. The molecular weight excluding hydrogens is 192 g/mol. The van der Waals surface area contributed by atoms with Crippen LogP contribution in [0.15, 0.2) is 6.07 Å². The van der Waals surface area contributed by atoms with Crippen LogP contribution in [-0.4, -0.2) is 22.1 Å². The van der Waals surface area contributed by atoms with E-state index in [0.29, 0.717) is 5.82 Å². The summed E-state index contributed by atoms with van der Waals surface area (Å²) >= 11 is 0. The number of hydrogen-bond donors (Lipinski definition) is 3. The molecule has 4 N–H and O–H groups in total. The summed E-state index contributed by atoms with van der Waals surface area (Å²) in [5, 5.41) is 9.50. The summed E-state index contributed by atoms with van der Waals surface area (Å²) in [5.74, 6) is 0.282. The minimum absolute atomic E-state index is 0.00961. The lowest BCUT2D eigenvalue weighted by molar-refractivity contribution is -0.117. The van der Waals surface area contributed by atoms with Gasteiger partial charge in [0.2, 0.25) is 5.91 Å². The number of anilines is 1. The predicted octanol–water partition coefficient (Wildman–Crippen LogP) is 0.993. The van der Waals surface area contributed by atoms with Gasteiger partial charge in [-0.15, -0.1) is 0 Å². The van der Waals surface area contributed by atoms with Gasteiger partial charge in [0.25, 0.3) is 0 Å². The maximum Gasteiger partial charge on any atom is 0.242 e. The van der Waals surface area contributed by atoms with E-state index in [9.17, 15) is 4.79 Å². The van der Waals surface area contributed by atoms with Crippen LogP contribution in [0.25, 0.3) is 0 Å². The van der Waals surface area contributed by atoms with E-state index in [1.807, 2.05) is 6.07 Å². The van der Waals surface area contributed by atoms with E-state index in [0.717, 1.165) is 5.69 Å². The van der Waals surface area contributed by atoms with Crippen molar-refractivity contribution in [2.75, 3.05) is 5.32 Å². The van der Waals surface area contributed by atoms with Crippen LogP contribution in [0.4, 0.5) is 5.82 Å². The molecule has 0 saturated heterocycles. The van der Waals surface area contributed by atoms with Gasteiger partial charge in [-0.25, -0.2) is 0 Å². The number of nitrogens with zero attached hydrogens (tertiary/aromatic N) is 1. The highest BCUT2D eigenvalue weighted by Gasteiger charge is 2.17. The smallest absolute Gasteiger partial charge is 0.242 e. The second-order valence-corrected chi connectivity index (χ2v) is 4.69. The van der Waals surface area contributed by atoms with E-state index in [-0.39, 0.29) is 11.3 Å². The van der Waals surface area contributed by atoms with E-state index in [1.54, 1.807) is 6.92 Å². The Bertz CT molecular complexity index is 349. The molecule has 0 unspecified atom stereocenters. The fraction of sp³-hybridized carbons (Fsp3) is 0.600. The third-order valence-corrected chi connectivity index (χ3v) is 2.05. The first-order chi connectivity index (χ1) is 6.80. The summed E-state index contributed by atoms with van der Waals surface area (Å²) in [6.07, 6.45) is 0. The third kappa shape index (κ3) is 3.06. The minimum Gasteiger partial charge on any atom is -0.320 e. The molecule has 0 aromatic carbocycles. The van der Waals surface area contributed by atoms with Gasteiger partial charge in [-0.1, -0.05) is 20.8 Å². The highest BCUT2D eigenvalue weighted by Crippen LogP contribution is 2.21. The van der Waals surface area contributed by atoms with E-state index in [1.165, 1.54) is 0 Å². The van der Waals surface area contributed by atoms with E-state index in [2.05, 4.69) is 36.3 Å². The topological polar surface area (TPSA) is 83.8 Å². The van der Waals surface area contributed by atoms with Gasteiger partial charge in [0.05, 0.1) is 6.04 Å². The summed E-state index contributed by atoms with van der Waals surface area (Å²) in [6.45, 7) is 7.83. The molecular formula is C10H18N4O. The van der Waals surface area contributed by atoms with Gasteiger partial charge in [0.15, 0.2) is 5.82 Å². The maximum atomic E-state index is 11.3. The van der Waals surface area contributed by atoms with Gasteiger partial charge in [0.1, 0.15) is 0 Å². The largest absolute Gasteiger partial charge is 0.320 e. The molecule has 1 atom stereocenters. The monoisotopic (exact) mass is 210 g/mol. The minimum atomic E-state index is -0.528. The lowest BCUT2D eigenvalue weighted by Crippen LogP contribution is -2.32. The van der Waals surface area contributed by atoms with E-state index in [4.69, 9.17) is 5.73 Å². The molecule has 5 nitrogen and oxygen atoms in total. The highest BCUT2D eigenvalue weighted by molar-refractivity contribution is 5.93. The van der Waals surface area contributed by atoms with Crippen LogP contribution < -0.4 is 11.1 Å². The SMILES string of the molecule is C[C@@H](N)C(=O)Nc1cc(C(C)(C)C)[nH]n1. The molecule has 1 aromatic rings. The molecule has 0 aliphatic carbocycles. The van der Waals surface area contributed by atoms with Crippen molar-refractivity contribution in [2.45, 2.75) is 39.2 Å². The van der Waals surface area contributed by atoms with Crippen LogP contribution in [0, 0.1) is 0 Å². The van der Waals surface area contributed by atoms with E-state index < -0.39 is 6.04 Å². The van der Waals surface area contributed by atoms with Crippen LogP contribution >= 0.6 is 0 Å². The fourth-order valence-electron chi connectivity index (χ4n) is 1.01. The summed E-state index contributed by atoms with van der Waals surface area (Å²) < 4.78 is 0. The third-order valence-electron chi connectivity index (χ3n) is 2.05. The van der Waals surface area contributed by atoms with Gasteiger partial charge in [-0.3, -0.25) is 9.89 Å². The number of aromatic nitrogens is 2. The van der Waals surface area contributed by atoms with Crippen molar-refractivity contribution in [3.8, 4) is 0 Å². The van der Waals surface area contributed by atoms with Crippen LogP contribution in [0.2, 0.25) is 0 Å². The Morgan fingerprint density at radius 2 is 2.20 bits per heavy atom. The summed E-state index contributed by atoms with van der Waals surface area (Å²) in [4.78, 5) is 11.3. The molecule has 15 heavy (non-hydrogen) atoms. The fourth-order valence-corrected chi connectivity index (χ4v) is 1.01. The highest BCUT2D eigenvalue weighted by atomic mass is 16.2. The van der Waals surface area contributed by atoms with Crippen molar-refractivity contribution in [1.29, 1.82) is 0 Å². The maximum absolute atomic E-state index is 11.3. The standard InChI is InChI=1S/C10H18N4O/c1-6(11)9(15)12-8-5-7(13-14-8)10(2,3)4/h5-6H,11H2,1-4H3,(H2,12,13,14,15)/t6-/m1/s1. The first kappa shape index (κ1) is 11.7. The average molecular weight is 210 g/mol. The zero-order chi connectivity index (χ0) is 11.6. The Hall–Kier alpha value is -1.36. The molecule has 1 aromatic heterocycles. The Balaban J connectivity index is 2.73. The molecule has 0 bridgehead atoms. The van der Waals surface area contributed by atoms with Gasteiger partial charge in [-0.2, -0.15) is 5.10 Å². The Morgan fingerprint density at radius 1 is 1.60 bits per heavy atom. The van der Waals surface area contributed by atoms with Crippen molar-refractivity contribution in [3.05, 3.63) is 11.8 Å². The Labute approximate surface area is 89.4 Å². The first-order valence-corrected chi connectivity index (χ1v) is 4.93. The van der Waals surface area contributed by atoms with Crippen LogP contribution in [0.5, 0.6) is 0 Å². The van der Waals surface area contributed by atoms with Crippen molar-refractivity contribution in [2.24, 2.45) is 5.73 Å². The summed E-state index contributed by atoms with van der Waals surface area (Å²) in [5.41, 5.74) is 6.39. The number of rotatable bonds is 2. The molecule has 1 heterocycles.